The van der Waals surface area contributed by atoms with Gasteiger partial charge < -0.3 is 14.9 Å². The number of aliphatic imine (C=N–C) groups is 1. The number of rotatable bonds is 3. The van der Waals surface area contributed by atoms with Crippen molar-refractivity contribution >= 4 is 11.9 Å². The number of benzene rings is 2. The van der Waals surface area contributed by atoms with Crippen molar-refractivity contribution in [1.82, 2.24) is 0 Å². The molecule has 4 nitrogen and oxygen atoms in total. The maximum Gasteiger partial charge on any atom is 0.166 e. The van der Waals surface area contributed by atoms with Gasteiger partial charge in [0.25, 0.3) is 0 Å². The topological polar surface area (TPSA) is 62.0 Å². The highest BCUT2D eigenvalue weighted by Crippen LogP contribution is 2.27. The van der Waals surface area contributed by atoms with Crippen LogP contribution in [-0.4, -0.2) is 23.5 Å². The van der Waals surface area contributed by atoms with E-state index in [9.17, 15) is 10.2 Å². The molecule has 4 heteroatoms. The molecule has 0 atom stereocenters. The van der Waals surface area contributed by atoms with Crippen LogP contribution >= 0.6 is 0 Å². The van der Waals surface area contributed by atoms with Gasteiger partial charge in [-0.25, -0.2) is 0 Å². The molecule has 2 aromatic rings. The first-order valence-electron chi connectivity index (χ1n) is 5.40. The minimum Gasteiger partial charge on any atom is -0.504 e. The summed E-state index contributed by atoms with van der Waals surface area (Å²) in [6.07, 6.45) is 1.49. The monoisotopic (exact) mass is 243 g/mol. The molecule has 0 saturated carbocycles. The fourth-order valence-corrected chi connectivity index (χ4v) is 1.49. The average Bonchev–Trinajstić information content (AvgIpc) is 2.41. The van der Waals surface area contributed by atoms with E-state index in [0.29, 0.717) is 17.0 Å². The van der Waals surface area contributed by atoms with Crippen LogP contribution in [0.15, 0.2) is 47.5 Å². The first-order valence-corrected chi connectivity index (χ1v) is 5.40. The number of hydrogen-bond acceptors (Lipinski definition) is 4. The van der Waals surface area contributed by atoms with Crippen molar-refractivity contribution < 1.29 is 14.9 Å². The summed E-state index contributed by atoms with van der Waals surface area (Å²) in [6.45, 7) is 0. The van der Waals surface area contributed by atoms with Crippen LogP contribution in [0.2, 0.25) is 0 Å². The van der Waals surface area contributed by atoms with Crippen LogP contribution in [0.1, 0.15) is 5.56 Å². The van der Waals surface area contributed by atoms with E-state index in [0.717, 1.165) is 0 Å². The lowest BCUT2D eigenvalue weighted by Crippen LogP contribution is -1.83. The summed E-state index contributed by atoms with van der Waals surface area (Å²) in [5.74, 6) is 0.374. The number of phenols is 2. The quantitative estimate of drug-likeness (QED) is 0.643. The molecular weight excluding hydrogens is 230 g/mol. The zero-order valence-electron chi connectivity index (χ0n) is 9.87. The second-order valence-electron chi connectivity index (χ2n) is 3.67. The van der Waals surface area contributed by atoms with Crippen LogP contribution in [0.3, 0.4) is 0 Å². The third-order valence-electron chi connectivity index (χ3n) is 2.45. The Kier molecular flexibility index (Phi) is 3.48. The van der Waals surface area contributed by atoms with Gasteiger partial charge in [0.1, 0.15) is 5.75 Å². The van der Waals surface area contributed by atoms with E-state index in [4.69, 9.17) is 4.74 Å². The number of ether oxygens (including phenoxy) is 1. The van der Waals surface area contributed by atoms with Crippen molar-refractivity contribution in [2.45, 2.75) is 0 Å². The van der Waals surface area contributed by atoms with Gasteiger partial charge in [-0.1, -0.05) is 12.1 Å². The molecule has 0 aliphatic carbocycles. The number of phenolic OH excluding ortho intramolecular Hbond substituents is 2. The molecule has 0 heterocycles. The zero-order valence-corrected chi connectivity index (χ0v) is 9.87. The molecule has 92 valence electrons. The van der Waals surface area contributed by atoms with Crippen LogP contribution in [-0.2, 0) is 0 Å². The minimum atomic E-state index is -0.177. The second-order valence-corrected chi connectivity index (χ2v) is 3.67. The smallest absolute Gasteiger partial charge is 0.166 e. The molecule has 0 aliphatic rings. The summed E-state index contributed by atoms with van der Waals surface area (Å²) in [6, 6.07) is 12.0. The Labute approximate surface area is 105 Å². The van der Waals surface area contributed by atoms with Crippen molar-refractivity contribution in [2.75, 3.05) is 7.11 Å². The van der Waals surface area contributed by atoms with Crippen molar-refractivity contribution in [1.29, 1.82) is 0 Å². The maximum absolute atomic E-state index is 9.61. The molecule has 18 heavy (non-hydrogen) atoms. The van der Waals surface area contributed by atoms with Gasteiger partial charge in [-0.3, -0.25) is 4.99 Å². The third-order valence-corrected chi connectivity index (χ3v) is 2.45. The molecule has 2 aromatic carbocycles. The predicted molar refractivity (Wildman–Crippen MR) is 70.0 cm³/mol. The number of para-hydroxylation sites is 1. The van der Waals surface area contributed by atoms with E-state index in [-0.39, 0.29) is 11.5 Å². The number of nitrogens with zero attached hydrogens (tertiary/aromatic N) is 1. The normalized spacial score (nSPS) is 10.7. The first kappa shape index (κ1) is 12.0. The van der Waals surface area contributed by atoms with Gasteiger partial charge in [-0.05, 0) is 24.3 Å². The Morgan fingerprint density at radius 2 is 1.89 bits per heavy atom. The molecule has 0 saturated heterocycles. The van der Waals surface area contributed by atoms with Crippen LogP contribution in [0.25, 0.3) is 0 Å². The Hall–Kier alpha value is -2.49. The third kappa shape index (κ3) is 2.60. The lowest BCUT2D eigenvalue weighted by Gasteiger charge is -2.01. The van der Waals surface area contributed by atoms with E-state index in [2.05, 4.69) is 4.99 Å². The highest BCUT2D eigenvalue weighted by atomic mass is 16.5. The van der Waals surface area contributed by atoms with E-state index < -0.39 is 0 Å². The fraction of sp³-hybridized carbons (Fsp3) is 0.0714. The number of hydrogen-bond donors (Lipinski definition) is 2. The summed E-state index contributed by atoms with van der Waals surface area (Å²) in [5.41, 5.74) is 1.16. The molecule has 0 bridgehead atoms. The van der Waals surface area contributed by atoms with E-state index in [1.54, 1.807) is 25.3 Å². The molecule has 0 spiro atoms. The lowest BCUT2D eigenvalue weighted by molar-refractivity contribution is 0.403. The van der Waals surface area contributed by atoms with Gasteiger partial charge in [0, 0.05) is 17.8 Å². The standard InChI is InChI=1S/C14H13NO3/c1-18-12-6-3-5-11(8-12)15-9-10-4-2-7-13(16)14(10)17/h2-9,16-17H,1H3. The van der Waals surface area contributed by atoms with Gasteiger partial charge in [0.2, 0.25) is 0 Å². The van der Waals surface area contributed by atoms with Gasteiger partial charge in [0.05, 0.1) is 12.8 Å². The molecule has 0 fully saturated rings. The van der Waals surface area contributed by atoms with Crippen LogP contribution < -0.4 is 4.74 Å². The summed E-state index contributed by atoms with van der Waals surface area (Å²) in [4.78, 5) is 4.21. The number of methoxy groups -OCH3 is 1. The summed E-state index contributed by atoms with van der Waals surface area (Å²) >= 11 is 0. The van der Waals surface area contributed by atoms with E-state index in [1.165, 1.54) is 12.3 Å². The highest BCUT2D eigenvalue weighted by molar-refractivity contribution is 5.86. The highest BCUT2D eigenvalue weighted by Gasteiger charge is 2.02. The zero-order chi connectivity index (χ0) is 13.0. The number of aromatic hydroxyl groups is 2. The molecule has 2 N–H and O–H groups in total. The Morgan fingerprint density at radius 1 is 1.11 bits per heavy atom. The SMILES string of the molecule is COc1cccc(N=Cc2cccc(O)c2O)c1. The molecule has 0 radical (unpaired) electrons. The summed E-state index contributed by atoms with van der Waals surface area (Å²) in [7, 11) is 1.59. The molecule has 2 rings (SSSR count). The predicted octanol–water partition coefficient (Wildman–Crippen LogP) is 2.86. The van der Waals surface area contributed by atoms with Crippen molar-refractivity contribution in [3.05, 3.63) is 48.0 Å². The van der Waals surface area contributed by atoms with Crippen molar-refractivity contribution in [2.24, 2.45) is 4.99 Å². The van der Waals surface area contributed by atoms with Gasteiger partial charge in [-0.15, -0.1) is 0 Å². The molecule has 0 unspecified atom stereocenters. The maximum atomic E-state index is 9.61. The van der Waals surface area contributed by atoms with Gasteiger partial charge >= 0.3 is 0 Å². The second kappa shape index (κ2) is 5.23. The van der Waals surface area contributed by atoms with Crippen molar-refractivity contribution in [3.63, 3.8) is 0 Å². The largest absolute Gasteiger partial charge is 0.504 e. The Bertz CT molecular complexity index is 579. The van der Waals surface area contributed by atoms with E-state index >= 15 is 0 Å². The van der Waals surface area contributed by atoms with Crippen LogP contribution in [0.4, 0.5) is 5.69 Å². The van der Waals surface area contributed by atoms with Gasteiger partial charge in [-0.2, -0.15) is 0 Å². The van der Waals surface area contributed by atoms with Crippen molar-refractivity contribution in [3.8, 4) is 17.2 Å². The van der Waals surface area contributed by atoms with Crippen LogP contribution in [0, 0.1) is 0 Å². The Morgan fingerprint density at radius 3 is 2.67 bits per heavy atom. The molecule has 0 amide bonds. The average molecular weight is 243 g/mol. The Balaban J connectivity index is 2.27. The fourth-order valence-electron chi connectivity index (χ4n) is 1.49. The molecule has 0 aromatic heterocycles. The minimum absolute atomic E-state index is 0.162. The summed E-state index contributed by atoms with van der Waals surface area (Å²) < 4.78 is 5.09. The first-order chi connectivity index (χ1) is 8.70. The molecule has 0 aliphatic heterocycles. The lowest BCUT2D eigenvalue weighted by atomic mass is 10.2. The summed E-state index contributed by atoms with van der Waals surface area (Å²) in [5, 5.41) is 19.0. The van der Waals surface area contributed by atoms with E-state index in [1.807, 2.05) is 18.2 Å². The van der Waals surface area contributed by atoms with Crippen LogP contribution in [0.5, 0.6) is 17.2 Å². The molecular formula is C14H13NO3. The van der Waals surface area contributed by atoms with Gasteiger partial charge in [0.15, 0.2) is 11.5 Å².